The molecule has 0 bridgehead atoms. The van der Waals surface area contributed by atoms with Crippen LogP contribution in [-0.2, 0) is 9.59 Å². The van der Waals surface area contributed by atoms with Crippen LogP contribution in [0.2, 0.25) is 0 Å². The van der Waals surface area contributed by atoms with Gasteiger partial charge in [0.25, 0.3) is 0 Å². The number of hydrogen-bond donors (Lipinski definition) is 4. The predicted octanol–water partition coefficient (Wildman–Crippen LogP) is 4.54. The van der Waals surface area contributed by atoms with Crippen molar-refractivity contribution >= 4 is 34.2 Å². The van der Waals surface area contributed by atoms with Crippen LogP contribution >= 0.6 is 0 Å². The Bertz CT molecular complexity index is 1490. The lowest BCUT2D eigenvalue weighted by atomic mass is 9.68. The number of carbonyl (C=O) groups is 2. The third-order valence-corrected chi connectivity index (χ3v) is 8.57. The number of aliphatic hydroxyl groups is 3. The van der Waals surface area contributed by atoms with Crippen LogP contribution in [0.15, 0.2) is 77.9 Å². The Kier molecular flexibility index (Phi) is 8.68. The van der Waals surface area contributed by atoms with Gasteiger partial charge in [0.05, 0.1) is 31.2 Å². The molecule has 4 atom stereocenters. The van der Waals surface area contributed by atoms with E-state index in [-0.39, 0.29) is 30.6 Å². The number of nitrogens with zero attached hydrogens (tertiary/aromatic N) is 1. The molecule has 0 aromatic heterocycles. The fourth-order valence-corrected chi connectivity index (χ4v) is 6.63. The third-order valence-electron chi connectivity index (χ3n) is 8.57. The summed E-state index contributed by atoms with van der Waals surface area (Å²) in [5, 5.41) is 44.2. The maximum absolute atomic E-state index is 13.3. The zero-order valence-corrected chi connectivity index (χ0v) is 23.2. The molecule has 7 nitrogen and oxygen atoms in total. The molecule has 5 rings (SSSR count). The van der Waals surface area contributed by atoms with Gasteiger partial charge >= 0.3 is 0 Å². The van der Waals surface area contributed by atoms with E-state index in [0.29, 0.717) is 37.0 Å². The van der Waals surface area contributed by atoms with Gasteiger partial charge in [0.2, 0.25) is 11.8 Å². The Morgan fingerprint density at radius 2 is 1.68 bits per heavy atom. The summed E-state index contributed by atoms with van der Waals surface area (Å²) in [5.74, 6) is -2.42. The van der Waals surface area contributed by atoms with E-state index in [9.17, 15) is 30.0 Å². The summed E-state index contributed by atoms with van der Waals surface area (Å²) in [7, 11) is 0. The van der Waals surface area contributed by atoms with Crippen LogP contribution in [0.25, 0.3) is 22.4 Å². The number of benzene rings is 3. The molecule has 1 aliphatic carbocycles. The lowest BCUT2D eigenvalue weighted by Crippen LogP contribution is -2.39. The van der Waals surface area contributed by atoms with Crippen molar-refractivity contribution in [2.24, 2.45) is 17.8 Å². The molecule has 1 aliphatic heterocycles. The fourth-order valence-electron chi connectivity index (χ4n) is 6.63. The van der Waals surface area contributed by atoms with Crippen LogP contribution in [0.5, 0.6) is 5.75 Å². The van der Waals surface area contributed by atoms with E-state index in [1.54, 1.807) is 6.07 Å². The second-order valence-corrected chi connectivity index (χ2v) is 11.0. The number of phenols is 1. The summed E-state index contributed by atoms with van der Waals surface area (Å²) in [6.45, 7) is 1.49. The first-order valence-electron chi connectivity index (χ1n) is 14.3. The van der Waals surface area contributed by atoms with E-state index in [0.717, 1.165) is 27.5 Å². The van der Waals surface area contributed by atoms with E-state index in [4.69, 9.17) is 0 Å². The SMILES string of the molecule is CCCN1C(=O)[C@@H]2[C@@H](CC(CO)=C([C@H](O)CC/C(=C/c3ccc(O)c4ccccc34)c3ccccc3)[C@@H]2CO)C1=O. The Labute approximate surface area is 240 Å². The van der Waals surface area contributed by atoms with Crippen molar-refractivity contribution in [1.82, 2.24) is 4.90 Å². The van der Waals surface area contributed by atoms with Crippen molar-refractivity contribution < 1.29 is 30.0 Å². The Hall–Kier alpha value is -3.78. The van der Waals surface area contributed by atoms with Crippen molar-refractivity contribution in [3.8, 4) is 5.75 Å². The van der Waals surface area contributed by atoms with Gasteiger partial charge in [-0.3, -0.25) is 14.5 Å². The maximum Gasteiger partial charge on any atom is 0.233 e. The molecule has 0 unspecified atom stereocenters. The van der Waals surface area contributed by atoms with Crippen LogP contribution in [0.4, 0.5) is 0 Å². The highest BCUT2D eigenvalue weighted by molar-refractivity contribution is 6.06. The minimum Gasteiger partial charge on any atom is -0.507 e. The molecular formula is C34H37NO6. The molecule has 0 spiro atoms. The molecule has 1 saturated heterocycles. The minimum absolute atomic E-state index is 0.204. The average molecular weight is 556 g/mol. The van der Waals surface area contributed by atoms with Crippen LogP contribution in [-0.4, -0.2) is 63.0 Å². The maximum atomic E-state index is 13.3. The van der Waals surface area contributed by atoms with E-state index in [1.807, 2.05) is 67.6 Å². The zero-order valence-electron chi connectivity index (χ0n) is 23.2. The zero-order chi connectivity index (χ0) is 29.1. The van der Waals surface area contributed by atoms with E-state index < -0.39 is 30.5 Å². The van der Waals surface area contributed by atoms with E-state index >= 15 is 0 Å². The van der Waals surface area contributed by atoms with Gasteiger partial charge in [-0.1, -0.05) is 73.7 Å². The standard InChI is InChI=1S/C34H37NO6/c1-2-16-35-33(40)27-18-24(19-36)31(28(20-37)32(27)34(35)41)30(39)15-12-22(21-8-4-3-5-9-21)17-23-13-14-29(38)26-11-7-6-10-25(23)26/h3-11,13-14,17,27-28,30,32,36-39H,2,12,15-16,18-20H2,1H3/b22-17-/t27-,28+,30-,32-/m1/s1. The second kappa shape index (κ2) is 12.4. The summed E-state index contributed by atoms with van der Waals surface area (Å²) in [6.07, 6.45) is 2.67. The number of carbonyl (C=O) groups excluding carboxylic acids is 2. The number of phenolic OH excluding ortho intramolecular Hbond substituents is 1. The lowest BCUT2D eigenvalue weighted by molar-refractivity contribution is -0.140. The van der Waals surface area contributed by atoms with Gasteiger partial charge in [0, 0.05) is 17.8 Å². The molecular weight excluding hydrogens is 518 g/mol. The molecule has 4 N–H and O–H groups in total. The van der Waals surface area contributed by atoms with Gasteiger partial charge in [-0.15, -0.1) is 0 Å². The monoisotopic (exact) mass is 555 g/mol. The van der Waals surface area contributed by atoms with Crippen molar-refractivity contribution in [3.63, 3.8) is 0 Å². The molecule has 3 aromatic rings. The van der Waals surface area contributed by atoms with Crippen molar-refractivity contribution in [2.75, 3.05) is 19.8 Å². The van der Waals surface area contributed by atoms with Gasteiger partial charge in [0.15, 0.2) is 0 Å². The largest absolute Gasteiger partial charge is 0.507 e. The van der Waals surface area contributed by atoms with E-state index in [1.165, 1.54) is 4.90 Å². The number of aliphatic hydroxyl groups excluding tert-OH is 3. The Morgan fingerprint density at radius 1 is 0.976 bits per heavy atom. The number of fused-ring (bicyclic) bond motifs is 2. The number of aromatic hydroxyl groups is 1. The Morgan fingerprint density at radius 3 is 2.37 bits per heavy atom. The number of allylic oxidation sites excluding steroid dienone is 1. The third kappa shape index (κ3) is 5.45. The number of hydrogen-bond acceptors (Lipinski definition) is 6. The molecule has 2 amide bonds. The number of imide groups is 1. The average Bonchev–Trinajstić information content (AvgIpc) is 3.24. The highest BCUT2D eigenvalue weighted by Crippen LogP contribution is 2.46. The summed E-state index contributed by atoms with van der Waals surface area (Å²) in [6, 6.07) is 21.1. The number of amides is 2. The molecule has 3 aromatic carbocycles. The van der Waals surface area contributed by atoms with Crippen LogP contribution < -0.4 is 0 Å². The van der Waals surface area contributed by atoms with Crippen molar-refractivity contribution in [1.29, 1.82) is 0 Å². The van der Waals surface area contributed by atoms with Gasteiger partial charge in [-0.2, -0.15) is 0 Å². The molecule has 7 heteroatoms. The normalized spacial score (nSPS) is 22.0. The van der Waals surface area contributed by atoms with Crippen LogP contribution in [0, 0.1) is 17.8 Å². The quantitative estimate of drug-likeness (QED) is 0.166. The summed E-state index contributed by atoms with van der Waals surface area (Å²) in [4.78, 5) is 27.6. The first kappa shape index (κ1) is 28.7. The summed E-state index contributed by atoms with van der Waals surface area (Å²) in [5.41, 5.74) is 3.91. The molecule has 1 fully saturated rings. The molecule has 0 saturated carbocycles. The second-order valence-electron chi connectivity index (χ2n) is 11.0. The summed E-state index contributed by atoms with van der Waals surface area (Å²) >= 11 is 0. The first-order chi connectivity index (χ1) is 19.9. The highest BCUT2D eigenvalue weighted by Gasteiger charge is 2.54. The molecule has 1 heterocycles. The molecule has 41 heavy (non-hydrogen) atoms. The van der Waals surface area contributed by atoms with Crippen molar-refractivity contribution in [2.45, 2.75) is 38.7 Å². The lowest BCUT2D eigenvalue weighted by Gasteiger charge is -2.36. The van der Waals surface area contributed by atoms with Crippen LogP contribution in [0.3, 0.4) is 0 Å². The Balaban J connectivity index is 1.47. The fraction of sp³-hybridized carbons (Fsp3) is 0.353. The first-order valence-corrected chi connectivity index (χ1v) is 14.3. The molecule has 2 aliphatic rings. The highest BCUT2D eigenvalue weighted by atomic mass is 16.3. The minimum atomic E-state index is -1.01. The summed E-state index contributed by atoms with van der Waals surface area (Å²) < 4.78 is 0. The van der Waals surface area contributed by atoms with E-state index in [2.05, 4.69) is 6.08 Å². The molecule has 214 valence electrons. The predicted molar refractivity (Wildman–Crippen MR) is 158 cm³/mol. The smallest absolute Gasteiger partial charge is 0.233 e. The topological polar surface area (TPSA) is 118 Å². The van der Waals surface area contributed by atoms with Gasteiger partial charge in [-0.25, -0.2) is 0 Å². The number of likely N-dealkylation sites (tertiary alicyclic amines) is 1. The van der Waals surface area contributed by atoms with Crippen LogP contribution in [0.1, 0.15) is 43.7 Å². The van der Waals surface area contributed by atoms with Gasteiger partial charge in [0.1, 0.15) is 5.75 Å². The van der Waals surface area contributed by atoms with Crippen molar-refractivity contribution in [3.05, 3.63) is 89.0 Å². The van der Waals surface area contributed by atoms with Gasteiger partial charge < -0.3 is 20.4 Å². The van der Waals surface area contributed by atoms with Gasteiger partial charge in [-0.05, 0) is 65.0 Å². The number of rotatable bonds is 10. The molecule has 0 radical (unpaired) electrons.